The van der Waals surface area contributed by atoms with Crippen molar-refractivity contribution in [3.63, 3.8) is 0 Å². The second-order valence-electron chi connectivity index (χ2n) is 7.74. The van der Waals surface area contributed by atoms with Gasteiger partial charge in [-0.3, -0.25) is 4.79 Å². The number of nitrogens with one attached hydrogen (secondary N) is 1. The van der Waals surface area contributed by atoms with E-state index in [1.54, 1.807) is 18.3 Å². The van der Waals surface area contributed by atoms with Crippen molar-refractivity contribution < 1.29 is 9.53 Å². The summed E-state index contributed by atoms with van der Waals surface area (Å²) >= 11 is 6.09. The van der Waals surface area contributed by atoms with E-state index in [9.17, 15) is 4.79 Å². The molecule has 0 aliphatic carbocycles. The van der Waals surface area contributed by atoms with Crippen LogP contribution in [-0.4, -0.2) is 36.6 Å². The Balaban J connectivity index is 1.99. The quantitative estimate of drug-likeness (QED) is 0.639. The number of halogens is 1. The number of rotatable bonds is 4. The van der Waals surface area contributed by atoms with E-state index in [0.717, 1.165) is 16.7 Å². The van der Waals surface area contributed by atoms with Crippen molar-refractivity contribution in [3.8, 4) is 0 Å². The van der Waals surface area contributed by atoms with Gasteiger partial charge in [0, 0.05) is 12.7 Å². The molecule has 2 aromatic rings. The molecule has 0 spiro atoms. The van der Waals surface area contributed by atoms with Gasteiger partial charge in [0.1, 0.15) is 5.15 Å². The maximum absolute atomic E-state index is 12.8. The van der Waals surface area contributed by atoms with Crippen molar-refractivity contribution in [2.75, 3.05) is 19.8 Å². The monoisotopic (exact) mass is 384 g/mol. The van der Waals surface area contributed by atoms with Crippen molar-refractivity contribution in [3.05, 3.63) is 70.5 Å². The van der Waals surface area contributed by atoms with Crippen molar-refractivity contribution in [2.24, 2.45) is 0 Å². The maximum Gasteiger partial charge on any atom is 0.175 e. The normalized spacial score (nSPS) is 18.4. The molecule has 142 valence electrons. The van der Waals surface area contributed by atoms with E-state index in [1.807, 2.05) is 6.07 Å². The molecule has 0 amide bonds. The zero-order valence-corrected chi connectivity index (χ0v) is 16.7. The molecule has 0 radical (unpaired) electrons. The summed E-state index contributed by atoms with van der Waals surface area (Å²) in [5.41, 5.74) is 3.98. The van der Waals surface area contributed by atoms with Crippen molar-refractivity contribution in [1.29, 1.82) is 0 Å². The fourth-order valence-electron chi connectivity index (χ4n) is 3.04. The van der Waals surface area contributed by atoms with Crippen LogP contribution in [0.15, 0.2) is 48.7 Å². The Labute approximate surface area is 165 Å². The second-order valence-corrected chi connectivity index (χ2v) is 8.12. The molecular weight excluding hydrogens is 360 g/mol. The largest absolute Gasteiger partial charge is 0.378 e. The lowest BCUT2D eigenvalue weighted by Crippen LogP contribution is -2.45. The number of hydrogen-bond acceptors (Lipinski definition) is 4. The predicted molar refractivity (Wildman–Crippen MR) is 109 cm³/mol. The summed E-state index contributed by atoms with van der Waals surface area (Å²) in [7, 11) is 0. The highest BCUT2D eigenvalue weighted by Gasteiger charge is 2.21. The molecule has 0 saturated carbocycles. The topological polar surface area (TPSA) is 51.2 Å². The van der Waals surface area contributed by atoms with Crippen LogP contribution in [0.25, 0.3) is 5.57 Å². The third-order valence-electron chi connectivity index (χ3n) is 4.65. The predicted octanol–water partition coefficient (Wildman–Crippen LogP) is 4.02. The number of carbonyl (C=O) groups excluding carboxylic acids is 1. The van der Waals surface area contributed by atoms with Gasteiger partial charge in [0.25, 0.3) is 0 Å². The van der Waals surface area contributed by atoms with E-state index < -0.39 is 0 Å². The minimum atomic E-state index is -0.320. The Morgan fingerprint density at radius 1 is 1.22 bits per heavy atom. The Morgan fingerprint density at radius 3 is 2.56 bits per heavy atom. The van der Waals surface area contributed by atoms with Gasteiger partial charge < -0.3 is 10.1 Å². The first-order valence-corrected chi connectivity index (χ1v) is 9.52. The van der Waals surface area contributed by atoms with Crippen molar-refractivity contribution in [1.82, 2.24) is 10.3 Å². The summed E-state index contributed by atoms with van der Waals surface area (Å²) in [5.74, 6) is -0.00228. The van der Waals surface area contributed by atoms with E-state index in [0.29, 0.717) is 24.9 Å². The Hall–Kier alpha value is -2.01. The van der Waals surface area contributed by atoms with Crippen LogP contribution < -0.4 is 5.32 Å². The first-order valence-electron chi connectivity index (χ1n) is 9.14. The van der Waals surface area contributed by atoms with Gasteiger partial charge in [0.05, 0.1) is 19.3 Å². The van der Waals surface area contributed by atoms with E-state index in [2.05, 4.69) is 55.3 Å². The molecule has 1 aromatic heterocycles. The molecule has 4 nitrogen and oxygen atoms in total. The van der Waals surface area contributed by atoms with Crippen LogP contribution in [0, 0.1) is 0 Å². The third-order valence-corrected chi connectivity index (χ3v) is 4.86. The number of morpholine rings is 1. The minimum Gasteiger partial charge on any atom is -0.378 e. The lowest BCUT2D eigenvalue weighted by molar-refractivity contribution is -0.119. The standard InChI is InChI=1S/C22H25ClN2O2/c1-22(2,3)17-6-4-15(5-7-17)18(16-8-9-25-21(23)12-16)13-20(26)19-14-27-11-10-24-19/h4-9,12-13,19,24H,10-11,14H2,1-3H3/b18-13+. The second kappa shape index (κ2) is 8.34. The number of ether oxygens (including phenoxy) is 1. The first kappa shape index (κ1) is 19.7. The highest BCUT2D eigenvalue weighted by molar-refractivity contribution is 6.29. The van der Waals surface area contributed by atoms with Crippen LogP contribution in [0.5, 0.6) is 0 Å². The van der Waals surface area contributed by atoms with Gasteiger partial charge in [0.2, 0.25) is 0 Å². The van der Waals surface area contributed by atoms with Crippen molar-refractivity contribution in [2.45, 2.75) is 32.2 Å². The summed E-state index contributed by atoms with van der Waals surface area (Å²) in [6, 6.07) is 11.7. The maximum atomic E-state index is 12.8. The Kier molecular flexibility index (Phi) is 6.10. The third kappa shape index (κ3) is 5.04. The number of aromatic nitrogens is 1. The molecule has 2 heterocycles. The van der Waals surface area contributed by atoms with E-state index in [1.165, 1.54) is 5.56 Å². The van der Waals surface area contributed by atoms with Crippen LogP contribution in [0.4, 0.5) is 0 Å². The Bertz CT molecular complexity index is 832. The summed E-state index contributed by atoms with van der Waals surface area (Å²) in [6.07, 6.45) is 3.34. The average molecular weight is 385 g/mol. The number of carbonyl (C=O) groups is 1. The van der Waals surface area contributed by atoms with Crippen LogP contribution in [0.1, 0.15) is 37.5 Å². The molecule has 27 heavy (non-hydrogen) atoms. The van der Waals surface area contributed by atoms with Crippen molar-refractivity contribution >= 4 is 23.0 Å². The SMILES string of the molecule is CC(C)(C)c1ccc(/C(=C\C(=O)C2COCCN2)c2ccnc(Cl)c2)cc1. The lowest BCUT2D eigenvalue weighted by Gasteiger charge is -2.22. The van der Waals surface area contributed by atoms with Crippen LogP contribution in [0.3, 0.4) is 0 Å². The fraction of sp³-hybridized carbons (Fsp3) is 0.364. The van der Waals surface area contributed by atoms with Gasteiger partial charge in [-0.2, -0.15) is 0 Å². The molecule has 5 heteroatoms. The van der Waals surface area contributed by atoms with Crippen LogP contribution in [0.2, 0.25) is 5.15 Å². The number of pyridine rings is 1. The number of hydrogen-bond donors (Lipinski definition) is 1. The van der Waals surface area contributed by atoms with Gasteiger partial charge in [-0.1, -0.05) is 56.6 Å². The number of nitrogens with zero attached hydrogens (tertiary/aromatic N) is 1. The summed E-state index contributed by atoms with van der Waals surface area (Å²) in [6.45, 7) is 8.25. The molecule has 1 saturated heterocycles. The molecule has 1 aliphatic rings. The minimum absolute atomic E-state index is 0.00228. The van der Waals surface area contributed by atoms with Gasteiger partial charge in [-0.15, -0.1) is 0 Å². The highest BCUT2D eigenvalue weighted by Crippen LogP contribution is 2.28. The van der Waals surface area contributed by atoms with E-state index >= 15 is 0 Å². The molecular formula is C22H25ClN2O2. The van der Waals surface area contributed by atoms with Crippen LogP contribution in [-0.2, 0) is 14.9 Å². The molecule has 1 fully saturated rings. The number of ketones is 1. The van der Waals surface area contributed by atoms with Gasteiger partial charge in [-0.25, -0.2) is 4.98 Å². The molecule has 1 aromatic carbocycles. The highest BCUT2D eigenvalue weighted by atomic mass is 35.5. The fourth-order valence-corrected chi connectivity index (χ4v) is 3.22. The molecule has 3 rings (SSSR count). The molecule has 1 N–H and O–H groups in total. The van der Waals surface area contributed by atoms with Gasteiger partial charge in [-0.05, 0) is 45.9 Å². The van der Waals surface area contributed by atoms with E-state index in [-0.39, 0.29) is 17.2 Å². The molecule has 0 bridgehead atoms. The number of benzene rings is 1. The summed E-state index contributed by atoms with van der Waals surface area (Å²) in [4.78, 5) is 16.9. The molecule has 1 aliphatic heterocycles. The zero-order valence-electron chi connectivity index (χ0n) is 16.0. The Morgan fingerprint density at radius 2 is 1.96 bits per heavy atom. The molecule has 1 atom stereocenters. The lowest BCUT2D eigenvalue weighted by atomic mass is 9.85. The first-order chi connectivity index (χ1) is 12.8. The average Bonchev–Trinajstić information content (AvgIpc) is 2.66. The van der Waals surface area contributed by atoms with Gasteiger partial charge in [0.15, 0.2) is 5.78 Å². The van der Waals surface area contributed by atoms with E-state index in [4.69, 9.17) is 16.3 Å². The molecule has 1 unspecified atom stereocenters. The zero-order chi connectivity index (χ0) is 19.4. The smallest absolute Gasteiger partial charge is 0.175 e. The van der Waals surface area contributed by atoms with Gasteiger partial charge >= 0.3 is 0 Å². The van der Waals surface area contributed by atoms with Crippen LogP contribution >= 0.6 is 11.6 Å². The summed E-state index contributed by atoms with van der Waals surface area (Å²) in [5, 5.41) is 3.61. The summed E-state index contributed by atoms with van der Waals surface area (Å²) < 4.78 is 5.42.